The van der Waals surface area contributed by atoms with E-state index in [-0.39, 0.29) is 29.0 Å². The maximum Gasteiger partial charge on any atom is 0.433 e. The molecule has 2 atom stereocenters. The molecular weight excluding hydrogens is 521 g/mol. The third-order valence-corrected chi connectivity index (χ3v) is 6.61. The summed E-state index contributed by atoms with van der Waals surface area (Å²) in [4.78, 5) is 9.60. The van der Waals surface area contributed by atoms with Gasteiger partial charge in [-0.2, -0.15) is 31.3 Å². The fraction of sp³-hybridized carbons (Fsp3) is 0.476. The summed E-state index contributed by atoms with van der Waals surface area (Å²) in [5.74, 6) is -1.19. The first-order valence-corrected chi connectivity index (χ1v) is 11.3. The van der Waals surface area contributed by atoms with Gasteiger partial charge in [0, 0.05) is 25.2 Å². The van der Waals surface area contributed by atoms with Crippen molar-refractivity contribution in [3.63, 3.8) is 0 Å². The Labute approximate surface area is 204 Å². The van der Waals surface area contributed by atoms with E-state index in [1.165, 1.54) is 6.07 Å². The van der Waals surface area contributed by atoms with Gasteiger partial charge in [-0.05, 0) is 36.8 Å². The number of hydrogen-bond acceptors (Lipinski definition) is 6. The van der Waals surface area contributed by atoms with E-state index in [0.717, 1.165) is 25.1 Å². The molecule has 5 rings (SSSR count). The van der Waals surface area contributed by atoms with E-state index in [4.69, 9.17) is 16.3 Å². The highest BCUT2D eigenvalue weighted by Gasteiger charge is 2.43. The van der Waals surface area contributed by atoms with Gasteiger partial charge >= 0.3 is 12.4 Å². The van der Waals surface area contributed by atoms with Crippen molar-refractivity contribution in [2.45, 2.75) is 31.2 Å². The Hall–Kier alpha value is -3.03. The van der Waals surface area contributed by atoms with E-state index >= 15 is 0 Å². The summed E-state index contributed by atoms with van der Waals surface area (Å²) in [5.41, 5.74) is -1.38. The van der Waals surface area contributed by atoms with Crippen LogP contribution in [0.5, 0.6) is 5.75 Å². The first-order chi connectivity index (χ1) is 16.9. The highest BCUT2D eigenvalue weighted by molar-refractivity contribution is 6.29. The normalized spacial score (nSPS) is 22.3. The van der Waals surface area contributed by atoms with E-state index in [0.29, 0.717) is 29.4 Å². The van der Waals surface area contributed by atoms with Crippen LogP contribution in [-0.4, -0.2) is 51.5 Å². The molecular formula is C21H18ClF7N6O. The quantitative estimate of drug-likeness (QED) is 0.356. The van der Waals surface area contributed by atoms with Crippen molar-refractivity contribution < 1.29 is 35.5 Å². The minimum absolute atomic E-state index is 0.00950. The molecule has 1 saturated heterocycles. The molecule has 0 amide bonds. The Morgan fingerprint density at radius 1 is 1.08 bits per heavy atom. The second-order valence-electron chi connectivity index (χ2n) is 8.79. The van der Waals surface area contributed by atoms with Gasteiger partial charge in [0.1, 0.15) is 10.8 Å². The highest BCUT2D eigenvalue weighted by Crippen LogP contribution is 2.41. The first-order valence-electron chi connectivity index (χ1n) is 10.9. The smallest absolute Gasteiger partial charge is 0.433 e. The second kappa shape index (κ2) is 8.82. The zero-order valence-corrected chi connectivity index (χ0v) is 19.0. The third kappa shape index (κ3) is 4.82. The Morgan fingerprint density at radius 3 is 2.42 bits per heavy atom. The van der Waals surface area contributed by atoms with Gasteiger partial charge < -0.3 is 15.0 Å². The van der Waals surface area contributed by atoms with Gasteiger partial charge in [0.15, 0.2) is 23.8 Å². The molecule has 4 heterocycles. The van der Waals surface area contributed by atoms with Crippen LogP contribution in [0.4, 0.5) is 42.4 Å². The summed E-state index contributed by atoms with van der Waals surface area (Å²) in [6, 6.07) is 2.59. The number of ether oxygens (including phenoxy) is 1. The van der Waals surface area contributed by atoms with Crippen molar-refractivity contribution in [2.75, 3.05) is 29.9 Å². The number of nitrogens with zero attached hydrogens (tertiary/aromatic N) is 5. The average molecular weight is 539 g/mol. The summed E-state index contributed by atoms with van der Waals surface area (Å²) >= 11 is 5.92. The minimum Gasteiger partial charge on any atom is -0.480 e. The first kappa shape index (κ1) is 24.7. The van der Waals surface area contributed by atoms with Gasteiger partial charge in [0.25, 0.3) is 0 Å². The molecule has 0 spiro atoms. The van der Waals surface area contributed by atoms with Gasteiger partial charge in [-0.25, -0.2) is 13.9 Å². The van der Waals surface area contributed by atoms with E-state index in [9.17, 15) is 30.7 Å². The van der Waals surface area contributed by atoms with Crippen LogP contribution in [0.2, 0.25) is 5.15 Å². The molecule has 2 fully saturated rings. The molecule has 1 saturated carbocycles. The number of nitrogens with one attached hydrogen (secondary N) is 1. The molecule has 7 nitrogen and oxygen atoms in total. The standard InChI is InChI=1S/C21H18ClF7N6O/c22-16-5-13(12(23)6-30-16)34-7-10-1-2-11(8-34)17(10)31-19-32-18-14(36-9-20(24,25)26)3-4-15(21(27,28)29)35(18)33-19/h3-6,10-11,17H,1-2,7-9H2,(H,31,33). The minimum atomic E-state index is -4.83. The number of hydrogen-bond donors (Lipinski definition) is 1. The molecule has 3 aromatic rings. The predicted molar refractivity (Wildman–Crippen MR) is 115 cm³/mol. The van der Waals surface area contributed by atoms with Crippen LogP contribution in [0, 0.1) is 17.7 Å². The lowest BCUT2D eigenvalue weighted by Gasteiger charge is -2.39. The fourth-order valence-electron chi connectivity index (χ4n) is 4.94. The summed E-state index contributed by atoms with van der Waals surface area (Å²) in [6.45, 7) is -0.791. The third-order valence-electron chi connectivity index (χ3n) is 6.40. The van der Waals surface area contributed by atoms with Crippen LogP contribution in [0.25, 0.3) is 5.65 Å². The van der Waals surface area contributed by atoms with E-state index in [1.807, 2.05) is 4.90 Å². The van der Waals surface area contributed by atoms with Crippen molar-refractivity contribution in [1.82, 2.24) is 19.6 Å². The molecule has 1 aliphatic heterocycles. The number of rotatable bonds is 5. The summed E-state index contributed by atoms with van der Waals surface area (Å²) in [5, 5.41) is 7.10. The lowest BCUT2D eigenvalue weighted by molar-refractivity contribution is -0.153. The van der Waals surface area contributed by atoms with Crippen LogP contribution in [0.3, 0.4) is 0 Å². The Balaban J connectivity index is 1.41. The predicted octanol–water partition coefficient (Wildman–Crippen LogP) is 5.20. The lowest BCUT2D eigenvalue weighted by Crippen LogP contribution is -2.48. The van der Waals surface area contributed by atoms with Crippen molar-refractivity contribution in [3.05, 3.63) is 41.1 Å². The molecule has 36 heavy (non-hydrogen) atoms. The number of fused-ring (bicyclic) bond motifs is 3. The lowest BCUT2D eigenvalue weighted by atomic mass is 9.92. The maximum absolute atomic E-state index is 14.3. The number of piperidine rings is 1. The van der Waals surface area contributed by atoms with Crippen LogP contribution >= 0.6 is 11.6 Å². The van der Waals surface area contributed by atoms with Crippen molar-refractivity contribution >= 4 is 28.9 Å². The van der Waals surface area contributed by atoms with Gasteiger partial charge in [-0.1, -0.05) is 11.6 Å². The number of anilines is 2. The average Bonchev–Trinajstić information content (AvgIpc) is 3.29. The van der Waals surface area contributed by atoms with Crippen LogP contribution in [-0.2, 0) is 6.18 Å². The largest absolute Gasteiger partial charge is 0.480 e. The monoisotopic (exact) mass is 538 g/mol. The van der Waals surface area contributed by atoms with Gasteiger partial charge in [-0.3, -0.25) is 0 Å². The molecule has 2 unspecified atom stereocenters. The zero-order valence-electron chi connectivity index (χ0n) is 18.2. The van der Waals surface area contributed by atoms with E-state index in [2.05, 4.69) is 20.4 Å². The van der Waals surface area contributed by atoms with Crippen molar-refractivity contribution in [1.29, 1.82) is 0 Å². The molecule has 0 radical (unpaired) electrons. The maximum atomic E-state index is 14.3. The Bertz CT molecular complexity index is 1270. The molecule has 1 aliphatic carbocycles. The molecule has 0 aromatic carbocycles. The van der Waals surface area contributed by atoms with Gasteiger partial charge in [-0.15, -0.1) is 5.10 Å². The topological polar surface area (TPSA) is 67.6 Å². The Morgan fingerprint density at radius 2 is 1.78 bits per heavy atom. The molecule has 1 N–H and O–H groups in total. The second-order valence-corrected chi connectivity index (χ2v) is 9.17. The van der Waals surface area contributed by atoms with Gasteiger partial charge in [0.2, 0.25) is 5.95 Å². The summed E-state index contributed by atoms with van der Waals surface area (Å²) in [7, 11) is 0. The van der Waals surface area contributed by atoms with Crippen LogP contribution in [0.15, 0.2) is 24.4 Å². The van der Waals surface area contributed by atoms with Crippen molar-refractivity contribution in [3.8, 4) is 5.75 Å². The molecule has 3 aromatic heterocycles. The summed E-state index contributed by atoms with van der Waals surface area (Å²) in [6.07, 6.45) is -6.92. The number of aromatic nitrogens is 4. The highest BCUT2D eigenvalue weighted by atomic mass is 35.5. The number of alkyl halides is 6. The zero-order chi connectivity index (χ0) is 25.8. The molecule has 2 aliphatic rings. The van der Waals surface area contributed by atoms with E-state index in [1.54, 1.807) is 0 Å². The number of halogens is 8. The number of pyridine rings is 2. The molecule has 15 heteroatoms. The SMILES string of the molecule is Fc1cnc(Cl)cc1N1CC2CCC(C1)C2Nc1nc2c(OCC(F)(F)F)ccc(C(F)(F)F)n2n1. The molecule has 194 valence electrons. The van der Waals surface area contributed by atoms with Crippen LogP contribution in [0.1, 0.15) is 18.5 Å². The van der Waals surface area contributed by atoms with E-state index < -0.39 is 41.9 Å². The van der Waals surface area contributed by atoms with Crippen molar-refractivity contribution in [2.24, 2.45) is 11.8 Å². The fourth-order valence-corrected chi connectivity index (χ4v) is 5.09. The Kier molecular flexibility index (Phi) is 6.04. The van der Waals surface area contributed by atoms with Crippen LogP contribution < -0.4 is 15.0 Å². The van der Waals surface area contributed by atoms with Gasteiger partial charge in [0.05, 0.1) is 11.9 Å². The molecule has 2 bridgehead atoms. The summed E-state index contributed by atoms with van der Waals surface area (Å²) < 4.78 is 97.8.